The summed E-state index contributed by atoms with van der Waals surface area (Å²) in [6, 6.07) is 5.95. The van der Waals surface area contributed by atoms with E-state index in [9.17, 15) is 0 Å². The zero-order chi connectivity index (χ0) is 13.5. The first-order valence-corrected chi connectivity index (χ1v) is 7.17. The number of benzene rings is 1. The molecule has 3 N–H and O–H groups in total. The predicted octanol–water partition coefficient (Wildman–Crippen LogP) is 2.68. The lowest BCUT2D eigenvalue weighted by atomic mass is 10.1. The van der Waals surface area contributed by atoms with Gasteiger partial charge in [0.15, 0.2) is 0 Å². The maximum absolute atomic E-state index is 8.74. The van der Waals surface area contributed by atoms with Gasteiger partial charge < -0.3 is 15.7 Å². The molecule has 0 heterocycles. The lowest BCUT2D eigenvalue weighted by Crippen LogP contribution is -2.23. The number of aliphatic hydroxyl groups excluding tert-OH is 1. The molecular formula is C13H19BrN2OS. The number of unbranched alkanes of at least 4 members (excludes halogenated alkanes) is 2. The van der Waals surface area contributed by atoms with E-state index in [0.717, 1.165) is 41.5 Å². The molecule has 0 fully saturated rings. The molecule has 0 spiro atoms. The predicted molar refractivity (Wildman–Crippen MR) is 84.2 cm³/mol. The van der Waals surface area contributed by atoms with Crippen molar-refractivity contribution in [1.82, 2.24) is 0 Å². The number of thiocarbonyl (C=S) groups is 1. The number of hydrogen-bond donors (Lipinski definition) is 2. The van der Waals surface area contributed by atoms with Crippen LogP contribution in [0.4, 0.5) is 5.69 Å². The summed E-state index contributed by atoms with van der Waals surface area (Å²) in [7, 11) is 2.03. The molecule has 0 unspecified atom stereocenters. The fourth-order valence-corrected chi connectivity index (χ4v) is 2.32. The first-order valence-electron chi connectivity index (χ1n) is 5.97. The number of rotatable bonds is 7. The topological polar surface area (TPSA) is 49.5 Å². The second kappa shape index (κ2) is 7.71. The maximum Gasteiger partial charge on any atom is 0.106 e. The van der Waals surface area contributed by atoms with E-state index >= 15 is 0 Å². The molecule has 0 aliphatic rings. The van der Waals surface area contributed by atoms with E-state index in [1.54, 1.807) is 0 Å². The molecule has 100 valence electrons. The highest BCUT2D eigenvalue weighted by atomic mass is 79.9. The van der Waals surface area contributed by atoms with Crippen LogP contribution in [0.15, 0.2) is 22.7 Å². The number of anilines is 1. The maximum atomic E-state index is 8.74. The molecule has 0 radical (unpaired) electrons. The van der Waals surface area contributed by atoms with Crippen LogP contribution in [0.2, 0.25) is 0 Å². The van der Waals surface area contributed by atoms with Crippen LogP contribution in [0, 0.1) is 0 Å². The minimum Gasteiger partial charge on any atom is -0.396 e. The third-order valence-corrected chi connectivity index (χ3v) is 3.50. The zero-order valence-corrected chi connectivity index (χ0v) is 12.9. The van der Waals surface area contributed by atoms with Crippen LogP contribution < -0.4 is 10.6 Å². The van der Waals surface area contributed by atoms with Gasteiger partial charge in [-0.3, -0.25) is 0 Å². The highest BCUT2D eigenvalue weighted by Gasteiger charge is 2.09. The van der Waals surface area contributed by atoms with Gasteiger partial charge in [-0.15, -0.1) is 0 Å². The Bertz CT molecular complexity index is 412. The molecule has 0 saturated carbocycles. The monoisotopic (exact) mass is 330 g/mol. The number of nitrogens with two attached hydrogens (primary N) is 1. The largest absolute Gasteiger partial charge is 0.396 e. The molecule has 0 saturated heterocycles. The summed E-state index contributed by atoms with van der Waals surface area (Å²) < 4.78 is 0.975. The van der Waals surface area contributed by atoms with Crippen molar-refractivity contribution in [1.29, 1.82) is 0 Å². The zero-order valence-electron chi connectivity index (χ0n) is 10.5. The molecule has 3 nitrogen and oxygen atoms in total. The number of aliphatic hydroxyl groups is 1. The fourth-order valence-electron chi connectivity index (χ4n) is 1.80. The molecule has 1 aromatic carbocycles. The minimum atomic E-state index is 0.264. The molecule has 0 bridgehead atoms. The van der Waals surface area contributed by atoms with Crippen molar-refractivity contribution in [2.24, 2.45) is 5.73 Å². The van der Waals surface area contributed by atoms with Crippen LogP contribution in [0.3, 0.4) is 0 Å². The molecule has 1 aromatic rings. The van der Waals surface area contributed by atoms with Crippen LogP contribution in [0.25, 0.3) is 0 Å². The van der Waals surface area contributed by atoms with Crippen LogP contribution in [-0.4, -0.2) is 30.3 Å². The summed E-state index contributed by atoms with van der Waals surface area (Å²) in [6.45, 7) is 1.19. The third-order valence-electron chi connectivity index (χ3n) is 2.79. The average molecular weight is 331 g/mol. The molecule has 1 rings (SSSR count). The van der Waals surface area contributed by atoms with Gasteiger partial charge in [0.05, 0.1) is 0 Å². The highest BCUT2D eigenvalue weighted by molar-refractivity contribution is 9.10. The summed E-state index contributed by atoms with van der Waals surface area (Å²) >= 11 is 8.51. The Hall–Kier alpha value is -0.650. The lowest BCUT2D eigenvalue weighted by Gasteiger charge is -2.22. The van der Waals surface area contributed by atoms with E-state index in [4.69, 9.17) is 23.1 Å². The second-order valence-electron chi connectivity index (χ2n) is 4.23. The molecular weight excluding hydrogens is 312 g/mol. The van der Waals surface area contributed by atoms with Crippen LogP contribution in [-0.2, 0) is 0 Å². The molecule has 5 heteroatoms. The van der Waals surface area contributed by atoms with E-state index in [2.05, 4.69) is 20.8 Å². The van der Waals surface area contributed by atoms with Gasteiger partial charge >= 0.3 is 0 Å². The first-order chi connectivity index (χ1) is 8.56. The standard InChI is InChI=1S/C13H19BrN2OS/c1-16(7-3-2-4-8-17)12-6-5-10(14)9-11(12)13(15)18/h5-6,9,17H,2-4,7-8H2,1H3,(H2,15,18). The van der Waals surface area contributed by atoms with Gasteiger partial charge in [-0.1, -0.05) is 28.1 Å². The van der Waals surface area contributed by atoms with Gasteiger partial charge in [-0.05, 0) is 37.5 Å². The van der Waals surface area contributed by atoms with Crippen molar-refractivity contribution in [3.05, 3.63) is 28.2 Å². The molecule has 0 atom stereocenters. The van der Waals surface area contributed by atoms with E-state index in [-0.39, 0.29) is 6.61 Å². The van der Waals surface area contributed by atoms with Gasteiger partial charge in [0.1, 0.15) is 4.99 Å². The smallest absolute Gasteiger partial charge is 0.106 e. The van der Waals surface area contributed by atoms with Gasteiger partial charge in [0.2, 0.25) is 0 Å². The summed E-state index contributed by atoms with van der Waals surface area (Å²) in [4.78, 5) is 2.56. The Labute approximate surface area is 122 Å². The normalized spacial score (nSPS) is 10.4. The summed E-state index contributed by atoms with van der Waals surface area (Å²) in [6.07, 6.45) is 2.93. The Balaban J connectivity index is 2.72. The number of hydrogen-bond acceptors (Lipinski definition) is 3. The summed E-state index contributed by atoms with van der Waals surface area (Å²) in [5.41, 5.74) is 7.69. The molecule has 0 aliphatic carbocycles. The number of nitrogens with zero attached hydrogens (tertiary/aromatic N) is 1. The average Bonchev–Trinajstić information content (AvgIpc) is 2.34. The number of halogens is 1. The van der Waals surface area contributed by atoms with E-state index in [1.807, 2.05) is 25.2 Å². The van der Waals surface area contributed by atoms with Gasteiger partial charge in [-0.2, -0.15) is 0 Å². The quantitative estimate of drug-likeness (QED) is 0.596. The van der Waals surface area contributed by atoms with Crippen molar-refractivity contribution in [2.75, 3.05) is 25.1 Å². The van der Waals surface area contributed by atoms with Crippen molar-refractivity contribution < 1.29 is 5.11 Å². The van der Waals surface area contributed by atoms with Gasteiger partial charge in [0.25, 0.3) is 0 Å². The van der Waals surface area contributed by atoms with E-state index in [1.165, 1.54) is 0 Å². The van der Waals surface area contributed by atoms with E-state index < -0.39 is 0 Å². The minimum absolute atomic E-state index is 0.264. The Kier molecular flexibility index (Phi) is 6.60. The van der Waals surface area contributed by atoms with Gasteiger partial charge in [-0.25, -0.2) is 0 Å². The highest BCUT2D eigenvalue weighted by Crippen LogP contribution is 2.24. The molecule has 0 amide bonds. The van der Waals surface area contributed by atoms with Crippen LogP contribution in [0.5, 0.6) is 0 Å². The van der Waals surface area contributed by atoms with Crippen molar-refractivity contribution in [3.8, 4) is 0 Å². The third kappa shape index (κ3) is 4.55. The summed E-state index contributed by atoms with van der Waals surface area (Å²) in [5, 5.41) is 8.74. The molecule has 0 aromatic heterocycles. The SMILES string of the molecule is CN(CCCCCO)c1ccc(Br)cc1C(N)=S. The second-order valence-corrected chi connectivity index (χ2v) is 5.59. The van der Waals surface area contributed by atoms with Crippen molar-refractivity contribution in [2.45, 2.75) is 19.3 Å². The van der Waals surface area contributed by atoms with Crippen LogP contribution >= 0.6 is 28.1 Å². The Morgan fingerprint density at radius 3 is 2.72 bits per heavy atom. The van der Waals surface area contributed by atoms with Gasteiger partial charge in [0, 0.05) is 35.9 Å². The fraction of sp³-hybridized carbons (Fsp3) is 0.462. The Morgan fingerprint density at radius 1 is 1.39 bits per heavy atom. The first kappa shape index (κ1) is 15.4. The van der Waals surface area contributed by atoms with Crippen LogP contribution in [0.1, 0.15) is 24.8 Å². The van der Waals surface area contributed by atoms with Crippen molar-refractivity contribution >= 4 is 38.8 Å². The van der Waals surface area contributed by atoms with E-state index in [0.29, 0.717) is 4.99 Å². The molecule has 0 aliphatic heterocycles. The summed E-state index contributed by atoms with van der Waals surface area (Å²) in [5.74, 6) is 0. The van der Waals surface area contributed by atoms with Crippen molar-refractivity contribution in [3.63, 3.8) is 0 Å². The Morgan fingerprint density at radius 2 is 2.11 bits per heavy atom. The molecule has 18 heavy (non-hydrogen) atoms. The lowest BCUT2D eigenvalue weighted by molar-refractivity contribution is 0.283.